The van der Waals surface area contributed by atoms with Crippen LogP contribution in [0.2, 0.25) is 0 Å². The van der Waals surface area contributed by atoms with Crippen molar-refractivity contribution in [2.45, 2.75) is 63.4 Å². The van der Waals surface area contributed by atoms with Gasteiger partial charge in [-0.15, -0.1) is 0 Å². The molecule has 1 saturated carbocycles. The van der Waals surface area contributed by atoms with Crippen LogP contribution in [-0.4, -0.2) is 54.4 Å². The minimum atomic E-state index is -3.94. The summed E-state index contributed by atoms with van der Waals surface area (Å²) in [5.74, 6) is -1.49. The summed E-state index contributed by atoms with van der Waals surface area (Å²) >= 11 is 0. The van der Waals surface area contributed by atoms with Gasteiger partial charge in [0.1, 0.15) is 0 Å². The van der Waals surface area contributed by atoms with Crippen LogP contribution in [0.4, 0.5) is 0 Å². The van der Waals surface area contributed by atoms with E-state index in [0.29, 0.717) is 24.9 Å². The van der Waals surface area contributed by atoms with Gasteiger partial charge in [0.15, 0.2) is 0 Å². The van der Waals surface area contributed by atoms with Crippen molar-refractivity contribution in [3.63, 3.8) is 0 Å². The molecule has 2 aromatic rings. The molecule has 0 spiro atoms. The van der Waals surface area contributed by atoms with Crippen LogP contribution in [0, 0.1) is 23.7 Å². The number of aliphatic hydroxyl groups is 1. The molecule has 208 valence electrons. The van der Waals surface area contributed by atoms with Gasteiger partial charge in [-0.1, -0.05) is 80.7 Å². The standard InChI is InChI=1S/C29H41N3O5S/c1-3-21(2)28(29(30)34)26(17-22-9-5-4-6-10-22)27(33)20-32(19-24-11-7-8-12-24)38(36,37)25-15-13-23(14-16-25)18-31-35/h4-6,9-10,13-16,18,21,24,26-28,33,35H,3,7-8,11-12,17,19-20H2,1-2H3,(H2,30,34)/b31-18+/t21?,26-,27+,28?/m1/s1. The Hall–Kier alpha value is -2.75. The van der Waals surface area contributed by atoms with Crippen molar-refractivity contribution in [1.29, 1.82) is 0 Å². The van der Waals surface area contributed by atoms with E-state index in [9.17, 15) is 18.3 Å². The fourth-order valence-electron chi connectivity index (χ4n) is 5.59. The first-order valence-electron chi connectivity index (χ1n) is 13.5. The lowest BCUT2D eigenvalue weighted by Crippen LogP contribution is -2.48. The van der Waals surface area contributed by atoms with Gasteiger partial charge in [0, 0.05) is 24.9 Å². The molecule has 0 bridgehead atoms. The van der Waals surface area contributed by atoms with E-state index in [1.54, 1.807) is 12.1 Å². The summed E-state index contributed by atoms with van der Waals surface area (Å²) in [7, 11) is -3.94. The van der Waals surface area contributed by atoms with Crippen LogP contribution in [0.25, 0.3) is 0 Å². The SMILES string of the molecule is CCC(C)C(C(N)=O)[C@H](Cc1ccccc1)[C@@H](O)CN(CC1CCCC1)S(=O)(=O)c1ccc(/C=N/O)cc1. The second-order valence-corrected chi connectivity index (χ2v) is 12.5. The number of nitrogens with zero attached hydrogens (tertiary/aromatic N) is 2. The maximum atomic E-state index is 13.8. The normalized spacial score (nSPS) is 18.0. The van der Waals surface area contributed by atoms with Crippen molar-refractivity contribution >= 4 is 22.1 Å². The highest BCUT2D eigenvalue weighted by molar-refractivity contribution is 7.89. The molecule has 2 unspecified atom stereocenters. The lowest BCUT2D eigenvalue weighted by molar-refractivity contribution is -0.127. The zero-order valence-electron chi connectivity index (χ0n) is 22.3. The van der Waals surface area contributed by atoms with E-state index < -0.39 is 33.9 Å². The molecule has 1 aliphatic rings. The number of hydrogen-bond donors (Lipinski definition) is 3. The third-order valence-corrected chi connectivity index (χ3v) is 9.75. The fraction of sp³-hybridized carbons (Fsp3) is 0.517. The first kappa shape index (κ1) is 29.8. The predicted molar refractivity (Wildman–Crippen MR) is 148 cm³/mol. The van der Waals surface area contributed by atoms with Crippen molar-refractivity contribution in [2.75, 3.05) is 13.1 Å². The third kappa shape index (κ3) is 7.65. The van der Waals surface area contributed by atoms with Crippen LogP contribution in [0.5, 0.6) is 0 Å². The Labute approximate surface area is 226 Å². The summed E-state index contributed by atoms with van der Waals surface area (Å²) in [5.41, 5.74) is 7.39. The van der Waals surface area contributed by atoms with Gasteiger partial charge in [0.2, 0.25) is 15.9 Å². The number of sulfonamides is 1. The zero-order valence-corrected chi connectivity index (χ0v) is 23.1. The number of rotatable bonds is 14. The number of oxime groups is 1. The van der Waals surface area contributed by atoms with Crippen molar-refractivity contribution in [3.05, 3.63) is 65.7 Å². The van der Waals surface area contributed by atoms with E-state index in [-0.39, 0.29) is 23.3 Å². The van der Waals surface area contributed by atoms with Crippen LogP contribution in [0.15, 0.2) is 64.6 Å². The molecule has 2 aromatic carbocycles. The van der Waals surface area contributed by atoms with Crippen molar-refractivity contribution in [3.8, 4) is 0 Å². The number of amides is 1. The Morgan fingerprint density at radius 3 is 2.32 bits per heavy atom. The highest BCUT2D eigenvalue weighted by Gasteiger charge is 2.39. The average Bonchev–Trinajstić information content (AvgIpc) is 3.42. The van der Waals surface area contributed by atoms with Gasteiger partial charge in [-0.25, -0.2) is 8.42 Å². The van der Waals surface area contributed by atoms with Crippen molar-refractivity contribution in [2.24, 2.45) is 34.6 Å². The van der Waals surface area contributed by atoms with Gasteiger partial charge >= 0.3 is 0 Å². The number of hydrogen-bond acceptors (Lipinski definition) is 6. The molecule has 0 aliphatic heterocycles. The monoisotopic (exact) mass is 543 g/mol. The largest absolute Gasteiger partial charge is 0.411 e. The van der Waals surface area contributed by atoms with Crippen LogP contribution < -0.4 is 5.73 Å². The highest BCUT2D eigenvalue weighted by atomic mass is 32.2. The molecule has 3 rings (SSSR count). The van der Waals surface area contributed by atoms with Crippen LogP contribution in [-0.2, 0) is 21.2 Å². The van der Waals surface area contributed by atoms with E-state index in [4.69, 9.17) is 10.9 Å². The first-order valence-corrected chi connectivity index (χ1v) is 14.9. The Morgan fingerprint density at radius 1 is 1.13 bits per heavy atom. The van der Waals surface area contributed by atoms with Crippen molar-refractivity contribution < 1.29 is 23.5 Å². The van der Waals surface area contributed by atoms with Gasteiger partial charge in [-0.3, -0.25) is 4.79 Å². The second kappa shape index (κ2) is 13.9. The lowest BCUT2D eigenvalue weighted by Gasteiger charge is -2.35. The summed E-state index contributed by atoms with van der Waals surface area (Å²) in [6.07, 6.45) is 5.25. The smallest absolute Gasteiger partial charge is 0.243 e. The molecule has 0 aromatic heterocycles. The number of carbonyl (C=O) groups excluding carboxylic acids is 1. The predicted octanol–water partition coefficient (Wildman–Crippen LogP) is 4.04. The first-order chi connectivity index (χ1) is 18.2. The molecule has 0 radical (unpaired) electrons. The lowest BCUT2D eigenvalue weighted by atomic mass is 9.75. The van der Waals surface area contributed by atoms with E-state index in [1.807, 2.05) is 44.2 Å². The Morgan fingerprint density at radius 2 is 1.76 bits per heavy atom. The van der Waals surface area contributed by atoms with E-state index in [0.717, 1.165) is 31.2 Å². The highest BCUT2D eigenvalue weighted by Crippen LogP contribution is 2.32. The van der Waals surface area contributed by atoms with Gasteiger partial charge in [-0.2, -0.15) is 4.31 Å². The second-order valence-electron chi connectivity index (χ2n) is 10.5. The molecule has 4 atom stereocenters. The summed E-state index contributed by atoms with van der Waals surface area (Å²) in [5, 5.41) is 23.4. The number of primary amides is 1. The van der Waals surface area contributed by atoms with Crippen LogP contribution >= 0.6 is 0 Å². The molecule has 1 amide bonds. The molecule has 38 heavy (non-hydrogen) atoms. The summed E-state index contributed by atoms with van der Waals surface area (Å²) in [6, 6.07) is 15.7. The average molecular weight is 544 g/mol. The molecule has 0 saturated heterocycles. The molecule has 1 fully saturated rings. The minimum absolute atomic E-state index is 0.0727. The summed E-state index contributed by atoms with van der Waals surface area (Å²) < 4.78 is 29.1. The molecule has 4 N–H and O–H groups in total. The van der Waals surface area contributed by atoms with Crippen molar-refractivity contribution in [1.82, 2.24) is 4.31 Å². The summed E-state index contributed by atoms with van der Waals surface area (Å²) in [6.45, 7) is 4.11. The Bertz CT molecular complexity index is 1150. The van der Waals surface area contributed by atoms with Gasteiger partial charge in [-0.05, 0) is 54.4 Å². The topological polar surface area (TPSA) is 133 Å². The fourth-order valence-corrected chi connectivity index (χ4v) is 7.13. The zero-order chi connectivity index (χ0) is 27.7. The Kier molecular flexibility index (Phi) is 10.9. The molecule has 0 heterocycles. The molecule has 9 heteroatoms. The number of carbonyl (C=O) groups is 1. The van der Waals surface area contributed by atoms with E-state index >= 15 is 0 Å². The third-order valence-electron chi connectivity index (χ3n) is 7.91. The molecule has 8 nitrogen and oxygen atoms in total. The minimum Gasteiger partial charge on any atom is -0.411 e. The van der Waals surface area contributed by atoms with Crippen LogP contribution in [0.1, 0.15) is 57.1 Å². The number of nitrogens with two attached hydrogens (primary N) is 1. The maximum absolute atomic E-state index is 13.8. The van der Waals surface area contributed by atoms with E-state index in [2.05, 4.69) is 5.16 Å². The molecule has 1 aliphatic carbocycles. The van der Waals surface area contributed by atoms with Gasteiger partial charge < -0.3 is 16.0 Å². The van der Waals surface area contributed by atoms with E-state index in [1.165, 1.54) is 22.7 Å². The maximum Gasteiger partial charge on any atom is 0.243 e. The van der Waals surface area contributed by atoms with Gasteiger partial charge in [0.25, 0.3) is 0 Å². The molecular weight excluding hydrogens is 502 g/mol. The van der Waals surface area contributed by atoms with Gasteiger partial charge in [0.05, 0.1) is 17.2 Å². The quantitative estimate of drug-likeness (QED) is 0.188. The van der Waals surface area contributed by atoms with Crippen LogP contribution in [0.3, 0.4) is 0 Å². The summed E-state index contributed by atoms with van der Waals surface area (Å²) in [4.78, 5) is 12.8. The Balaban J connectivity index is 1.96. The molecular formula is C29H41N3O5S. The number of benzene rings is 2. The number of aliphatic hydroxyl groups excluding tert-OH is 1.